The van der Waals surface area contributed by atoms with E-state index >= 15 is 0 Å². The largest absolute Gasteiger partial charge is 0.207 e. The van der Waals surface area contributed by atoms with Crippen molar-refractivity contribution >= 4 is 34.8 Å². The van der Waals surface area contributed by atoms with Gasteiger partial charge in [0.2, 0.25) is 0 Å². The Morgan fingerprint density at radius 3 is 2.25 bits per heavy atom. The minimum absolute atomic E-state index is 0.163. The molecule has 0 aliphatic rings. The smallest absolute Gasteiger partial charge is 0.123 e. The van der Waals surface area contributed by atoms with Crippen LogP contribution >= 0.6 is 34.8 Å². The topological polar surface area (TPSA) is 0 Å². The van der Waals surface area contributed by atoms with Crippen molar-refractivity contribution in [3.8, 4) is 0 Å². The Morgan fingerprint density at radius 2 is 1.55 bits per heavy atom. The highest BCUT2D eigenvalue weighted by Crippen LogP contribution is 2.25. The van der Waals surface area contributed by atoms with Crippen molar-refractivity contribution in [3.63, 3.8) is 0 Å². The van der Waals surface area contributed by atoms with Crippen LogP contribution in [0.25, 0.3) is 0 Å². The normalized spacial score (nSPS) is 12.4. The molecule has 0 amide bonds. The lowest BCUT2D eigenvalue weighted by atomic mass is 9.94. The quantitative estimate of drug-likeness (QED) is 0.610. The van der Waals surface area contributed by atoms with Crippen molar-refractivity contribution in [3.05, 3.63) is 69.5 Å². The van der Waals surface area contributed by atoms with Crippen molar-refractivity contribution in [2.24, 2.45) is 5.92 Å². The van der Waals surface area contributed by atoms with Crippen LogP contribution in [-0.2, 0) is 12.8 Å². The van der Waals surface area contributed by atoms with Gasteiger partial charge in [0.25, 0.3) is 0 Å². The average Bonchev–Trinajstić information content (AvgIpc) is 2.44. The Bertz CT molecular complexity index is 584. The number of alkyl halides is 1. The van der Waals surface area contributed by atoms with Gasteiger partial charge in [-0.3, -0.25) is 0 Å². The minimum atomic E-state index is -0.282. The van der Waals surface area contributed by atoms with Crippen LogP contribution in [0.4, 0.5) is 4.39 Å². The first-order valence-corrected chi connectivity index (χ1v) is 7.62. The highest BCUT2D eigenvalue weighted by Gasteiger charge is 2.14. The van der Waals surface area contributed by atoms with Crippen molar-refractivity contribution in [2.75, 3.05) is 5.88 Å². The molecule has 0 N–H and O–H groups in total. The molecule has 2 aromatic rings. The summed E-state index contributed by atoms with van der Waals surface area (Å²) in [5.74, 6) is 0.351. The number of halogens is 4. The van der Waals surface area contributed by atoms with Crippen LogP contribution in [0.3, 0.4) is 0 Å². The van der Waals surface area contributed by atoms with Gasteiger partial charge in [0.1, 0.15) is 5.82 Å². The lowest BCUT2D eigenvalue weighted by Crippen LogP contribution is -2.11. The van der Waals surface area contributed by atoms with E-state index in [1.54, 1.807) is 6.07 Å². The second-order valence-corrected chi connectivity index (χ2v) is 5.88. The fraction of sp³-hybridized carbons (Fsp3) is 0.250. The van der Waals surface area contributed by atoms with Crippen molar-refractivity contribution < 1.29 is 4.39 Å². The first kappa shape index (κ1) is 15.6. The van der Waals surface area contributed by atoms with Crippen molar-refractivity contribution in [1.82, 2.24) is 0 Å². The average molecular weight is 332 g/mol. The summed E-state index contributed by atoms with van der Waals surface area (Å²) in [6.45, 7) is 0. The number of benzene rings is 2. The molecule has 0 saturated heterocycles. The van der Waals surface area contributed by atoms with E-state index in [-0.39, 0.29) is 11.7 Å². The van der Waals surface area contributed by atoms with Crippen LogP contribution in [0.15, 0.2) is 42.5 Å². The Labute approximate surface area is 133 Å². The first-order chi connectivity index (χ1) is 9.60. The molecule has 0 spiro atoms. The summed E-state index contributed by atoms with van der Waals surface area (Å²) in [7, 11) is 0. The fourth-order valence-electron chi connectivity index (χ4n) is 2.17. The summed E-state index contributed by atoms with van der Waals surface area (Å²) < 4.78 is 13.3. The van der Waals surface area contributed by atoms with Crippen LogP contribution < -0.4 is 0 Å². The van der Waals surface area contributed by atoms with Gasteiger partial charge in [0.15, 0.2) is 0 Å². The van der Waals surface area contributed by atoms with Gasteiger partial charge in [0, 0.05) is 15.9 Å². The highest BCUT2D eigenvalue weighted by molar-refractivity contribution is 6.31. The molecule has 0 nitrogen and oxygen atoms in total. The minimum Gasteiger partial charge on any atom is -0.207 e. The van der Waals surface area contributed by atoms with Gasteiger partial charge in [-0.25, -0.2) is 4.39 Å². The van der Waals surface area contributed by atoms with E-state index in [9.17, 15) is 4.39 Å². The maximum Gasteiger partial charge on any atom is 0.123 e. The second kappa shape index (κ2) is 7.31. The fourth-order valence-corrected chi connectivity index (χ4v) is 2.79. The number of hydrogen-bond acceptors (Lipinski definition) is 0. The molecule has 2 rings (SSSR count). The van der Waals surface area contributed by atoms with Gasteiger partial charge in [-0.1, -0.05) is 41.4 Å². The predicted octanol–water partition coefficient (Wildman–Crippen LogP) is 5.77. The third kappa shape index (κ3) is 4.12. The van der Waals surface area contributed by atoms with Crippen LogP contribution in [-0.4, -0.2) is 5.88 Å². The standard InChI is InChI=1S/C16H14Cl3F/c17-10-11(7-12-3-1-2-4-15(12)18)8-13-9-14(20)5-6-16(13)19/h1-6,9,11H,7-8,10H2. The zero-order chi connectivity index (χ0) is 14.5. The van der Waals surface area contributed by atoms with E-state index in [1.165, 1.54) is 12.1 Å². The van der Waals surface area contributed by atoms with E-state index in [0.717, 1.165) is 22.6 Å². The van der Waals surface area contributed by atoms with Crippen LogP contribution in [0.2, 0.25) is 10.0 Å². The van der Waals surface area contributed by atoms with E-state index in [2.05, 4.69) is 0 Å². The molecule has 106 valence electrons. The molecule has 0 aliphatic carbocycles. The first-order valence-electron chi connectivity index (χ1n) is 6.33. The zero-order valence-corrected chi connectivity index (χ0v) is 13.0. The molecule has 20 heavy (non-hydrogen) atoms. The van der Waals surface area contributed by atoms with Crippen molar-refractivity contribution in [2.45, 2.75) is 12.8 Å². The summed E-state index contributed by atoms with van der Waals surface area (Å²) in [4.78, 5) is 0. The molecule has 0 fully saturated rings. The summed E-state index contributed by atoms with van der Waals surface area (Å²) in [6.07, 6.45) is 1.38. The van der Waals surface area contributed by atoms with E-state index in [1.807, 2.05) is 24.3 Å². The molecule has 0 heterocycles. The Balaban J connectivity index is 2.13. The summed E-state index contributed by atoms with van der Waals surface area (Å²) in [5.41, 5.74) is 1.83. The second-order valence-electron chi connectivity index (χ2n) is 4.76. The molecule has 0 aliphatic heterocycles. The lowest BCUT2D eigenvalue weighted by Gasteiger charge is -2.16. The number of hydrogen-bond donors (Lipinski definition) is 0. The molecule has 1 atom stereocenters. The van der Waals surface area contributed by atoms with Gasteiger partial charge in [-0.15, -0.1) is 11.6 Å². The van der Waals surface area contributed by atoms with E-state index < -0.39 is 0 Å². The lowest BCUT2D eigenvalue weighted by molar-refractivity contribution is 0.576. The summed E-state index contributed by atoms with van der Waals surface area (Å²) in [6, 6.07) is 12.1. The zero-order valence-electron chi connectivity index (χ0n) is 10.8. The van der Waals surface area contributed by atoms with Crippen LogP contribution in [0.1, 0.15) is 11.1 Å². The highest BCUT2D eigenvalue weighted by atomic mass is 35.5. The molecular weight excluding hydrogens is 318 g/mol. The molecule has 0 bridgehead atoms. The maximum atomic E-state index is 13.3. The van der Waals surface area contributed by atoms with E-state index in [4.69, 9.17) is 34.8 Å². The molecule has 0 saturated carbocycles. The van der Waals surface area contributed by atoms with Crippen molar-refractivity contribution in [1.29, 1.82) is 0 Å². The van der Waals surface area contributed by atoms with Gasteiger partial charge in [0.05, 0.1) is 0 Å². The van der Waals surface area contributed by atoms with Gasteiger partial charge in [-0.05, 0) is 54.2 Å². The Morgan fingerprint density at radius 1 is 0.900 bits per heavy atom. The Kier molecular flexibility index (Phi) is 5.71. The summed E-state index contributed by atoms with van der Waals surface area (Å²) >= 11 is 18.3. The molecule has 2 aromatic carbocycles. The monoisotopic (exact) mass is 330 g/mol. The third-order valence-corrected chi connectivity index (χ3v) is 4.37. The molecule has 1 unspecified atom stereocenters. The van der Waals surface area contributed by atoms with Crippen LogP contribution in [0, 0.1) is 11.7 Å². The predicted molar refractivity (Wildman–Crippen MR) is 84.5 cm³/mol. The molecule has 0 radical (unpaired) electrons. The maximum absolute atomic E-state index is 13.3. The Hall–Kier alpha value is -0.760. The molecular formula is C16H14Cl3F. The third-order valence-electron chi connectivity index (χ3n) is 3.20. The van der Waals surface area contributed by atoms with Gasteiger partial charge in [-0.2, -0.15) is 0 Å². The molecule has 0 aromatic heterocycles. The van der Waals surface area contributed by atoms with E-state index in [0.29, 0.717) is 17.3 Å². The molecule has 4 heteroatoms. The van der Waals surface area contributed by atoms with Crippen LogP contribution in [0.5, 0.6) is 0 Å². The van der Waals surface area contributed by atoms with Gasteiger partial charge >= 0.3 is 0 Å². The SMILES string of the molecule is Fc1ccc(Cl)c(CC(CCl)Cc2ccccc2Cl)c1. The van der Waals surface area contributed by atoms with Gasteiger partial charge < -0.3 is 0 Å². The number of rotatable bonds is 5. The summed E-state index contributed by atoms with van der Waals surface area (Å²) in [5, 5.41) is 1.30.